The van der Waals surface area contributed by atoms with Gasteiger partial charge in [0.25, 0.3) is 0 Å². The van der Waals surface area contributed by atoms with Crippen LogP contribution in [0, 0.1) is 0 Å². The summed E-state index contributed by atoms with van der Waals surface area (Å²) in [6.45, 7) is 3.58. The first-order valence-corrected chi connectivity index (χ1v) is 2.74. The molecule has 1 aromatic carbocycles. The molecule has 0 atom stereocenters. The van der Waals surface area contributed by atoms with E-state index in [0.29, 0.717) is 5.75 Å². The van der Waals surface area contributed by atoms with Crippen LogP contribution in [-0.4, -0.2) is 5.11 Å². The van der Waals surface area contributed by atoms with Gasteiger partial charge in [0.2, 0.25) is 0 Å². The molecular formula is C8H8FeO. The van der Waals surface area contributed by atoms with Gasteiger partial charge in [-0.3, -0.25) is 0 Å². The average Bonchev–Trinajstić information content (AvgIpc) is 1.90. The van der Waals surface area contributed by atoms with E-state index in [9.17, 15) is 0 Å². The zero-order valence-corrected chi connectivity index (χ0v) is 6.50. The number of aromatic hydroxyl groups is 1. The van der Waals surface area contributed by atoms with Crippen molar-refractivity contribution in [1.29, 1.82) is 0 Å². The number of rotatable bonds is 1. The first kappa shape index (κ1) is 9.28. The molecule has 0 aliphatic carbocycles. The fraction of sp³-hybridized carbons (Fsp3) is 0. The van der Waals surface area contributed by atoms with E-state index in [-0.39, 0.29) is 17.1 Å². The maximum absolute atomic E-state index is 8.82. The van der Waals surface area contributed by atoms with Crippen LogP contribution >= 0.6 is 0 Å². The molecule has 0 aliphatic heterocycles. The Hall–Kier alpha value is -0.721. The van der Waals surface area contributed by atoms with E-state index in [1.54, 1.807) is 18.2 Å². The molecule has 0 aliphatic rings. The Morgan fingerprint density at radius 2 is 1.70 bits per heavy atom. The van der Waals surface area contributed by atoms with Crippen LogP contribution < -0.4 is 0 Å². The van der Waals surface area contributed by atoms with Crippen molar-refractivity contribution in [3.05, 3.63) is 36.4 Å². The fourth-order valence-corrected chi connectivity index (χ4v) is 0.610. The van der Waals surface area contributed by atoms with Crippen LogP contribution in [0.25, 0.3) is 6.08 Å². The van der Waals surface area contributed by atoms with Gasteiger partial charge in [-0.1, -0.05) is 24.8 Å². The van der Waals surface area contributed by atoms with Crippen LogP contribution in [0.4, 0.5) is 0 Å². The number of phenolic OH excluding ortho intramolecular Hbond substituents is 1. The molecule has 0 saturated carbocycles. The van der Waals surface area contributed by atoms with Gasteiger partial charge in [-0.25, -0.2) is 0 Å². The van der Waals surface area contributed by atoms with Crippen LogP contribution in [0.15, 0.2) is 30.8 Å². The summed E-state index contributed by atoms with van der Waals surface area (Å²) in [6, 6.07) is 6.89. The molecule has 0 heterocycles. The minimum absolute atomic E-state index is 0. The van der Waals surface area contributed by atoms with Crippen molar-refractivity contribution < 1.29 is 22.2 Å². The van der Waals surface area contributed by atoms with Gasteiger partial charge in [0.1, 0.15) is 5.75 Å². The largest absolute Gasteiger partial charge is 0.508 e. The summed E-state index contributed by atoms with van der Waals surface area (Å²) in [5.41, 5.74) is 1.02. The quantitative estimate of drug-likeness (QED) is 0.649. The molecular weight excluding hydrogens is 168 g/mol. The molecule has 1 aromatic rings. The maximum Gasteiger partial charge on any atom is 0.115 e. The molecule has 1 rings (SSSR count). The molecule has 1 nitrogen and oxygen atoms in total. The van der Waals surface area contributed by atoms with Crippen molar-refractivity contribution in [3.63, 3.8) is 0 Å². The third kappa shape index (κ3) is 2.26. The first-order valence-electron chi connectivity index (χ1n) is 2.74. The van der Waals surface area contributed by atoms with E-state index >= 15 is 0 Å². The van der Waals surface area contributed by atoms with Crippen molar-refractivity contribution in [3.8, 4) is 5.75 Å². The van der Waals surface area contributed by atoms with Gasteiger partial charge in [0.15, 0.2) is 0 Å². The second kappa shape index (κ2) is 4.15. The standard InChI is InChI=1S/C8H8O.Fe/c1-2-7-3-5-8(9)6-4-7;/h2-6,9H,1H2;. The zero-order valence-electron chi connectivity index (χ0n) is 5.39. The van der Waals surface area contributed by atoms with Crippen LogP contribution in [-0.2, 0) is 17.1 Å². The monoisotopic (exact) mass is 176 g/mol. The Morgan fingerprint density at radius 1 is 1.20 bits per heavy atom. The van der Waals surface area contributed by atoms with Crippen molar-refractivity contribution in [1.82, 2.24) is 0 Å². The van der Waals surface area contributed by atoms with E-state index in [1.165, 1.54) is 0 Å². The average molecular weight is 176 g/mol. The normalized spacial score (nSPS) is 8.00. The number of benzene rings is 1. The van der Waals surface area contributed by atoms with Gasteiger partial charge in [-0.05, 0) is 17.7 Å². The minimum Gasteiger partial charge on any atom is -0.508 e. The summed E-state index contributed by atoms with van der Waals surface area (Å²) in [5, 5.41) is 8.82. The Bertz CT molecular complexity index is 203. The second-order valence-electron chi connectivity index (χ2n) is 1.80. The van der Waals surface area contributed by atoms with Crippen LogP contribution in [0.5, 0.6) is 5.75 Å². The molecule has 0 unspecified atom stereocenters. The Balaban J connectivity index is 0.000000810. The molecule has 54 valence electrons. The molecule has 0 saturated heterocycles. The summed E-state index contributed by atoms with van der Waals surface area (Å²) >= 11 is 0. The van der Waals surface area contributed by atoms with E-state index < -0.39 is 0 Å². The Labute approximate surface area is 70.9 Å². The molecule has 0 aromatic heterocycles. The van der Waals surface area contributed by atoms with E-state index in [4.69, 9.17) is 5.11 Å². The number of hydrogen-bond donors (Lipinski definition) is 1. The molecule has 10 heavy (non-hydrogen) atoms. The SMILES string of the molecule is C=Cc1ccc(O)cc1.[Fe]. The maximum atomic E-state index is 8.82. The summed E-state index contributed by atoms with van der Waals surface area (Å²) in [4.78, 5) is 0. The molecule has 2 heteroatoms. The summed E-state index contributed by atoms with van der Waals surface area (Å²) < 4.78 is 0. The second-order valence-corrected chi connectivity index (χ2v) is 1.80. The third-order valence-electron chi connectivity index (χ3n) is 1.13. The van der Waals surface area contributed by atoms with Crippen LogP contribution in [0.1, 0.15) is 5.56 Å². The van der Waals surface area contributed by atoms with Gasteiger partial charge in [0.05, 0.1) is 0 Å². The smallest absolute Gasteiger partial charge is 0.115 e. The van der Waals surface area contributed by atoms with Gasteiger partial charge in [-0.2, -0.15) is 0 Å². The van der Waals surface area contributed by atoms with Crippen molar-refractivity contribution in [2.75, 3.05) is 0 Å². The molecule has 0 amide bonds. The van der Waals surface area contributed by atoms with Gasteiger partial charge < -0.3 is 5.11 Å². The Kier molecular flexibility index (Phi) is 3.85. The fourth-order valence-electron chi connectivity index (χ4n) is 0.610. The van der Waals surface area contributed by atoms with Gasteiger partial charge >= 0.3 is 0 Å². The summed E-state index contributed by atoms with van der Waals surface area (Å²) in [5.74, 6) is 0.292. The van der Waals surface area contributed by atoms with E-state index in [0.717, 1.165) is 5.56 Å². The van der Waals surface area contributed by atoms with E-state index in [2.05, 4.69) is 6.58 Å². The zero-order chi connectivity index (χ0) is 6.69. The topological polar surface area (TPSA) is 20.2 Å². The molecule has 0 radical (unpaired) electrons. The molecule has 0 bridgehead atoms. The predicted octanol–water partition coefficient (Wildman–Crippen LogP) is 2.03. The van der Waals surface area contributed by atoms with Crippen LogP contribution in [0.3, 0.4) is 0 Å². The van der Waals surface area contributed by atoms with Crippen LogP contribution in [0.2, 0.25) is 0 Å². The van der Waals surface area contributed by atoms with Gasteiger partial charge in [0, 0.05) is 17.1 Å². The van der Waals surface area contributed by atoms with Gasteiger partial charge in [-0.15, -0.1) is 0 Å². The first-order chi connectivity index (χ1) is 4.33. The minimum atomic E-state index is 0. The molecule has 1 N–H and O–H groups in total. The summed E-state index contributed by atoms with van der Waals surface area (Å²) in [6.07, 6.45) is 1.74. The van der Waals surface area contributed by atoms with Crippen molar-refractivity contribution in [2.45, 2.75) is 0 Å². The summed E-state index contributed by atoms with van der Waals surface area (Å²) in [7, 11) is 0. The number of hydrogen-bond acceptors (Lipinski definition) is 1. The van der Waals surface area contributed by atoms with Crippen molar-refractivity contribution >= 4 is 6.08 Å². The molecule has 0 fully saturated rings. The number of phenols is 1. The third-order valence-corrected chi connectivity index (χ3v) is 1.13. The van der Waals surface area contributed by atoms with E-state index in [1.807, 2.05) is 12.1 Å². The molecule has 0 spiro atoms. The van der Waals surface area contributed by atoms with Crippen molar-refractivity contribution in [2.24, 2.45) is 0 Å². The predicted molar refractivity (Wildman–Crippen MR) is 38.2 cm³/mol. The Morgan fingerprint density at radius 3 is 2.10 bits per heavy atom.